The molecule has 11 nitrogen and oxygen atoms in total. The number of hydrazine groups is 1. The Morgan fingerprint density at radius 2 is 1.61 bits per heavy atom. The summed E-state index contributed by atoms with van der Waals surface area (Å²) in [6.45, 7) is 3.33. The van der Waals surface area contributed by atoms with Gasteiger partial charge >= 0.3 is 0 Å². The lowest BCUT2D eigenvalue weighted by Gasteiger charge is -2.11. The summed E-state index contributed by atoms with van der Waals surface area (Å²) in [5, 5.41) is 21.7. The van der Waals surface area contributed by atoms with Crippen LogP contribution in [0.25, 0.3) is 0 Å². The number of ether oxygens (including phenoxy) is 1. The van der Waals surface area contributed by atoms with Crippen LogP contribution in [0.5, 0.6) is 5.75 Å². The first-order valence-electron chi connectivity index (χ1n) is 7.91. The average Bonchev–Trinajstić information content (AvgIpc) is 2.66. The third-order valence-electron chi connectivity index (χ3n) is 3.82. The standard InChI is InChI=1S/C17H16N4O7/c1-10-4-3-5-15(11(10)2)28-9-16(22)18-19-17(23)12-6-13(20(24)25)8-14(7-12)21(26)27/h3-8H,9H2,1-2H3,(H,18,22)(H,19,23). The molecule has 0 saturated heterocycles. The highest BCUT2D eigenvalue weighted by Gasteiger charge is 2.20. The van der Waals surface area contributed by atoms with E-state index in [4.69, 9.17) is 4.74 Å². The van der Waals surface area contributed by atoms with Crippen LogP contribution in [0.2, 0.25) is 0 Å². The lowest BCUT2D eigenvalue weighted by molar-refractivity contribution is -0.394. The van der Waals surface area contributed by atoms with Crippen LogP contribution in [-0.2, 0) is 4.79 Å². The van der Waals surface area contributed by atoms with Crippen LogP contribution in [-0.4, -0.2) is 28.3 Å². The number of hydrogen-bond donors (Lipinski definition) is 2. The molecule has 0 aliphatic heterocycles. The molecule has 0 heterocycles. The smallest absolute Gasteiger partial charge is 0.277 e. The summed E-state index contributed by atoms with van der Waals surface area (Å²) in [5.74, 6) is -1.13. The molecule has 2 amide bonds. The van der Waals surface area contributed by atoms with Gasteiger partial charge in [-0.1, -0.05) is 12.1 Å². The topological polar surface area (TPSA) is 154 Å². The van der Waals surface area contributed by atoms with Gasteiger partial charge in [0.2, 0.25) is 0 Å². The molecule has 2 rings (SSSR count). The number of carbonyl (C=O) groups is 2. The van der Waals surface area contributed by atoms with Crippen LogP contribution < -0.4 is 15.6 Å². The number of nitro benzene ring substituents is 2. The first-order valence-corrected chi connectivity index (χ1v) is 7.91. The second kappa shape index (κ2) is 8.58. The third kappa shape index (κ3) is 5.00. The van der Waals surface area contributed by atoms with Gasteiger partial charge in [-0.25, -0.2) is 0 Å². The van der Waals surface area contributed by atoms with Crippen molar-refractivity contribution in [2.45, 2.75) is 13.8 Å². The molecule has 0 atom stereocenters. The van der Waals surface area contributed by atoms with Gasteiger partial charge < -0.3 is 4.74 Å². The van der Waals surface area contributed by atoms with Crippen LogP contribution in [0.4, 0.5) is 11.4 Å². The van der Waals surface area contributed by atoms with E-state index >= 15 is 0 Å². The van der Waals surface area contributed by atoms with Crippen LogP contribution in [0.1, 0.15) is 21.5 Å². The number of non-ortho nitro benzene ring substituents is 2. The fraction of sp³-hybridized carbons (Fsp3) is 0.176. The minimum absolute atomic E-state index is 0.350. The van der Waals surface area contributed by atoms with Crippen LogP contribution in [0, 0.1) is 34.1 Å². The molecule has 0 aromatic heterocycles. The summed E-state index contributed by atoms with van der Waals surface area (Å²) in [4.78, 5) is 43.9. The number of nitrogens with one attached hydrogen (secondary N) is 2. The van der Waals surface area contributed by atoms with Gasteiger partial charge in [0.25, 0.3) is 23.2 Å². The van der Waals surface area contributed by atoms with Gasteiger partial charge in [0.15, 0.2) is 6.61 Å². The SMILES string of the molecule is Cc1cccc(OCC(=O)NNC(=O)c2cc([N+](=O)[O-])cc([N+](=O)[O-])c2)c1C. The second-order valence-corrected chi connectivity index (χ2v) is 5.74. The molecule has 0 spiro atoms. The lowest BCUT2D eigenvalue weighted by Crippen LogP contribution is -2.43. The molecule has 0 bridgehead atoms. The molecule has 146 valence electrons. The summed E-state index contributed by atoms with van der Waals surface area (Å²) in [7, 11) is 0. The van der Waals surface area contributed by atoms with Crippen LogP contribution in [0.3, 0.4) is 0 Å². The Labute approximate surface area is 158 Å². The maximum atomic E-state index is 12.1. The Morgan fingerprint density at radius 3 is 2.18 bits per heavy atom. The third-order valence-corrected chi connectivity index (χ3v) is 3.82. The van der Waals surface area contributed by atoms with Crippen molar-refractivity contribution in [3.05, 3.63) is 73.3 Å². The van der Waals surface area contributed by atoms with E-state index in [0.717, 1.165) is 29.3 Å². The fourth-order valence-electron chi connectivity index (χ4n) is 2.20. The predicted molar refractivity (Wildman–Crippen MR) is 96.8 cm³/mol. The number of amides is 2. The minimum Gasteiger partial charge on any atom is -0.483 e. The number of hydrogen-bond acceptors (Lipinski definition) is 7. The zero-order valence-electron chi connectivity index (χ0n) is 14.9. The Balaban J connectivity index is 1.99. The van der Waals surface area contributed by atoms with Crippen molar-refractivity contribution >= 4 is 23.2 Å². The molecule has 0 aliphatic rings. The van der Waals surface area contributed by atoms with E-state index in [0.29, 0.717) is 5.75 Å². The Hall–Kier alpha value is -4.02. The molecule has 2 aromatic carbocycles. The average molecular weight is 388 g/mol. The van der Waals surface area contributed by atoms with E-state index in [-0.39, 0.29) is 12.2 Å². The highest BCUT2D eigenvalue weighted by molar-refractivity contribution is 5.96. The number of rotatable bonds is 6. The van der Waals surface area contributed by atoms with Gasteiger partial charge in [-0.2, -0.15) is 0 Å². The number of nitro groups is 2. The largest absolute Gasteiger partial charge is 0.483 e. The van der Waals surface area contributed by atoms with E-state index in [1.807, 2.05) is 25.3 Å². The van der Waals surface area contributed by atoms with Crippen molar-refractivity contribution in [3.8, 4) is 5.75 Å². The zero-order valence-corrected chi connectivity index (χ0v) is 14.9. The molecular weight excluding hydrogens is 372 g/mol. The van der Waals surface area contributed by atoms with Crippen molar-refractivity contribution in [1.29, 1.82) is 0 Å². The van der Waals surface area contributed by atoms with Gasteiger partial charge in [0.05, 0.1) is 21.5 Å². The minimum atomic E-state index is -0.952. The van der Waals surface area contributed by atoms with Gasteiger partial charge in [-0.15, -0.1) is 0 Å². The van der Waals surface area contributed by atoms with E-state index in [1.54, 1.807) is 12.1 Å². The second-order valence-electron chi connectivity index (χ2n) is 5.74. The maximum absolute atomic E-state index is 12.1. The quantitative estimate of drug-likeness (QED) is 0.566. The summed E-state index contributed by atoms with van der Waals surface area (Å²) in [6.07, 6.45) is 0. The van der Waals surface area contributed by atoms with Crippen molar-refractivity contribution in [2.24, 2.45) is 0 Å². The van der Waals surface area contributed by atoms with E-state index in [2.05, 4.69) is 5.43 Å². The van der Waals surface area contributed by atoms with E-state index in [9.17, 15) is 29.8 Å². The molecule has 28 heavy (non-hydrogen) atoms. The normalized spacial score (nSPS) is 10.1. The van der Waals surface area contributed by atoms with Crippen molar-refractivity contribution in [2.75, 3.05) is 6.61 Å². The van der Waals surface area contributed by atoms with Crippen molar-refractivity contribution in [3.63, 3.8) is 0 Å². The molecule has 0 fully saturated rings. The van der Waals surface area contributed by atoms with Crippen molar-refractivity contribution < 1.29 is 24.2 Å². The molecule has 0 radical (unpaired) electrons. The fourth-order valence-corrected chi connectivity index (χ4v) is 2.20. The number of aryl methyl sites for hydroxylation is 1. The summed E-state index contributed by atoms with van der Waals surface area (Å²) in [6, 6.07) is 7.80. The number of benzene rings is 2. The van der Waals surface area contributed by atoms with Crippen LogP contribution in [0.15, 0.2) is 36.4 Å². The summed E-state index contributed by atoms with van der Waals surface area (Å²) >= 11 is 0. The van der Waals surface area contributed by atoms with Crippen LogP contribution >= 0.6 is 0 Å². The van der Waals surface area contributed by atoms with Gasteiger partial charge in [0, 0.05) is 12.1 Å². The monoisotopic (exact) mass is 388 g/mol. The highest BCUT2D eigenvalue weighted by atomic mass is 16.6. The molecule has 0 unspecified atom stereocenters. The first-order chi connectivity index (χ1) is 13.2. The highest BCUT2D eigenvalue weighted by Crippen LogP contribution is 2.22. The van der Waals surface area contributed by atoms with E-state index in [1.165, 1.54) is 0 Å². The van der Waals surface area contributed by atoms with Gasteiger partial charge in [-0.3, -0.25) is 40.7 Å². The molecule has 2 N–H and O–H groups in total. The maximum Gasteiger partial charge on any atom is 0.277 e. The summed E-state index contributed by atoms with van der Waals surface area (Å²) < 4.78 is 5.38. The van der Waals surface area contributed by atoms with Gasteiger partial charge in [-0.05, 0) is 31.0 Å². The Kier molecular flexibility index (Phi) is 6.22. The van der Waals surface area contributed by atoms with E-state index < -0.39 is 33.0 Å². The summed E-state index contributed by atoms with van der Waals surface area (Å²) in [5.41, 5.74) is 4.36. The zero-order chi connectivity index (χ0) is 20.8. The predicted octanol–water partition coefficient (Wildman–Crippen LogP) is 1.96. The molecular formula is C17H16N4O7. The lowest BCUT2D eigenvalue weighted by atomic mass is 10.1. The Bertz CT molecular complexity index is 926. The number of nitrogens with zero attached hydrogens (tertiary/aromatic N) is 2. The Morgan fingerprint density at radius 1 is 1.00 bits per heavy atom. The molecule has 11 heteroatoms. The van der Waals surface area contributed by atoms with Gasteiger partial charge in [0.1, 0.15) is 5.75 Å². The first kappa shape index (κ1) is 20.3. The molecule has 0 aliphatic carbocycles. The number of carbonyl (C=O) groups excluding carboxylic acids is 2. The van der Waals surface area contributed by atoms with Crippen molar-refractivity contribution in [1.82, 2.24) is 10.9 Å². The molecule has 2 aromatic rings. The molecule has 0 saturated carbocycles.